The summed E-state index contributed by atoms with van der Waals surface area (Å²) in [6, 6.07) is 1.89. The minimum atomic E-state index is -0.970. The summed E-state index contributed by atoms with van der Waals surface area (Å²) in [6.07, 6.45) is 2.18. The van der Waals surface area contributed by atoms with Gasteiger partial charge in [-0.05, 0) is 19.8 Å². The van der Waals surface area contributed by atoms with Gasteiger partial charge in [-0.2, -0.15) is 5.10 Å². The Balaban J connectivity index is 1.96. The zero-order valence-corrected chi connectivity index (χ0v) is 10.3. The number of hydrogen-bond acceptors (Lipinski definition) is 3. The quantitative estimate of drug-likeness (QED) is 0.804. The van der Waals surface area contributed by atoms with Crippen molar-refractivity contribution in [3.8, 4) is 0 Å². The second-order valence-corrected chi connectivity index (χ2v) is 4.49. The molecule has 18 heavy (non-hydrogen) atoms. The second kappa shape index (κ2) is 5.20. The number of nitrogens with zero attached hydrogens (tertiary/aromatic N) is 2. The van der Waals surface area contributed by atoms with Gasteiger partial charge in [0.2, 0.25) is 5.91 Å². The maximum absolute atomic E-state index is 11.5. The van der Waals surface area contributed by atoms with Crippen molar-refractivity contribution in [1.29, 1.82) is 0 Å². The molecule has 0 spiro atoms. The molecule has 1 fully saturated rings. The molecule has 1 aliphatic carbocycles. The summed E-state index contributed by atoms with van der Waals surface area (Å²) in [5, 5.41) is 15.4. The number of hydrogen-bond donors (Lipinski definition) is 2. The van der Waals surface area contributed by atoms with Gasteiger partial charge in [0.25, 0.3) is 0 Å². The van der Waals surface area contributed by atoms with Crippen LogP contribution in [0.1, 0.15) is 44.2 Å². The minimum Gasteiger partial charge on any atom is -0.481 e. The fraction of sp³-hybridized carbons (Fsp3) is 0.583. The van der Waals surface area contributed by atoms with E-state index in [1.165, 1.54) is 12.8 Å². The van der Waals surface area contributed by atoms with E-state index in [0.717, 1.165) is 12.2 Å². The number of carboxylic acid groups (broad SMARTS) is 1. The lowest BCUT2D eigenvalue weighted by Gasteiger charge is -2.01. The fourth-order valence-electron chi connectivity index (χ4n) is 1.88. The fourth-order valence-corrected chi connectivity index (χ4v) is 1.88. The van der Waals surface area contributed by atoms with Gasteiger partial charge in [0.05, 0.1) is 6.42 Å². The number of nitrogens with one attached hydrogen (secondary N) is 1. The number of rotatable bonds is 6. The smallest absolute Gasteiger partial charge is 0.303 e. The highest BCUT2D eigenvalue weighted by atomic mass is 16.4. The summed E-state index contributed by atoms with van der Waals surface area (Å²) < 4.78 is 1.89. The van der Waals surface area contributed by atoms with E-state index in [1.54, 1.807) is 0 Å². The number of aromatic nitrogens is 2. The van der Waals surface area contributed by atoms with Crippen LogP contribution in [0.4, 0.5) is 5.82 Å². The minimum absolute atomic E-state index is 0.0208. The topological polar surface area (TPSA) is 84.2 Å². The molecule has 1 heterocycles. The Morgan fingerprint density at radius 1 is 1.50 bits per heavy atom. The zero-order valence-electron chi connectivity index (χ0n) is 10.3. The van der Waals surface area contributed by atoms with Crippen LogP contribution in [0.5, 0.6) is 0 Å². The highest BCUT2D eigenvalue weighted by Crippen LogP contribution is 2.40. The predicted molar refractivity (Wildman–Crippen MR) is 65.4 cm³/mol. The molecule has 1 saturated carbocycles. The van der Waals surface area contributed by atoms with Gasteiger partial charge in [-0.1, -0.05) is 0 Å². The van der Waals surface area contributed by atoms with Crippen molar-refractivity contribution in [2.75, 3.05) is 5.32 Å². The number of aliphatic carboxylic acids is 1. The van der Waals surface area contributed by atoms with Crippen LogP contribution in [0, 0.1) is 0 Å². The lowest BCUT2D eigenvalue weighted by atomic mass is 10.3. The molecular weight excluding hydrogens is 234 g/mol. The van der Waals surface area contributed by atoms with Crippen molar-refractivity contribution in [2.45, 2.75) is 45.1 Å². The van der Waals surface area contributed by atoms with Gasteiger partial charge in [0.15, 0.2) is 5.82 Å². The van der Waals surface area contributed by atoms with E-state index in [1.807, 2.05) is 17.7 Å². The van der Waals surface area contributed by atoms with Gasteiger partial charge < -0.3 is 10.4 Å². The summed E-state index contributed by atoms with van der Waals surface area (Å²) >= 11 is 0. The van der Waals surface area contributed by atoms with Crippen LogP contribution in [0.3, 0.4) is 0 Å². The van der Waals surface area contributed by atoms with E-state index < -0.39 is 5.97 Å². The highest BCUT2D eigenvalue weighted by Gasteiger charge is 2.27. The number of amides is 1. The maximum atomic E-state index is 11.5. The summed E-state index contributed by atoms with van der Waals surface area (Å²) in [5.74, 6) is -0.181. The van der Waals surface area contributed by atoms with Gasteiger partial charge in [-0.25, -0.2) is 0 Å². The Labute approximate surface area is 105 Å². The average molecular weight is 251 g/mol. The van der Waals surface area contributed by atoms with E-state index in [2.05, 4.69) is 10.4 Å². The van der Waals surface area contributed by atoms with Crippen LogP contribution in [0.2, 0.25) is 0 Å². The largest absolute Gasteiger partial charge is 0.481 e. The molecule has 0 aliphatic heterocycles. The van der Waals surface area contributed by atoms with Crippen LogP contribution >= 0.6 is 0 Å². The molecule has 1 amide bonds. The van der Waals surface area contributed by atoms with Crippen molar-refractivity contribution in [3.05, 3.63) is 11.8 Å². The molecule has 6 nitrogen and oxygen atoms in total. The summed E-state index contributed by atoms with van der Waals surface area (Å²) in [5.41, 5.74) is 1.16. The van der Waals surface area contributed by atoms with E-state index in [9.17, 15) is 9.59 Å². The highest BCUT2D eigenvalue weighted by molar-refractivity contribution is 5.91. The number of carbonyl (C=O) groups is 2. The first-order chi connectivity index (χ1) is 8.60. The molecule has 0 saturated heterocycles. The Morgan fingerprint density at radius 2 is 2.22 bits per heavy atom. The van der Waals surface area contributed by atoms with Crippen LogP contribution < -0.4 is 5.32 Å². The number of aryl methyl sites for hydroxylation is 1. The van der Waals surface area contributed by atoms with E-state index in [4.69, 9.17) is 5.11 Å². The van der Waals surface area contributed by atoms with Crippen molar-refractivity contribution in [2.24, 2.45) is 0 Å². The van der Waals surface area contributed by atoms with Gasteiger partial charge in [0.1, 0.15) is 0 Å². The van der Waals surface area contributed by atoms with E-state index in [-0.39, 0.29) is 18.7 Å². The molecule has 0 bridgehead atoms. The molecule has 0 unspecified atom stereocenters. The molecule has 0 aromatic carbocycles. The normalized spacial score (nSPS) is 14.5. The van der Waals surface area contributed by atoms with E-state index >= 15 is 0 Å². The SMILES string of the molecule is CCn1nc(NC(=O)CCC(=O)O)cc1C1CC1. The van der Waals surface area contributed by atoms with Crippen molar-refractivity contribution >= 4 is 17.7 Å². The molecule has 2 N–H and O–H groups in total. The lowest BCUT2D eigenvalue weighted by molar-refractivity contribution is -0.138. The molecule has 1 aromatic rings. The van der Waals surface area contributed by atoms with Gasteiger partial charge in [0, 0.05) is 30.6 Å². The number of anilines is 1. The maximum Gasteiger partial charge on any atom is 0.303 e. The molecular formula is C12H17N3O3. The monoisotopic (exact) mass is 251 g/mol. The summed E-state index contributed by atoms with van der Waals surface area (Å²) in [6.45, 7) is 2.78. The van der Waals surface area contributed by atoms with Crippen molar-refractivity contribution < 1.29 is 14.7 Å². The van der Waals surface area contributed by atoms with Crippen LogP contribution in [-0.4, -0.2) is 26.8 Å². The zero-order chi connectivity index (χ0) is 13.1. The molecule has 1 aliphatic rings. The average Bonchev–Trinajstić information content (AvgIpc) is 3.09. The first-order valence-electron chi connectivity index (χ1n) is 6.19. The third kappa shape index (κ3) is 3.09. The second-order valence-electron chi connectivity index (χ2n) is 4.49. The van der Waals surface area contributed by atoms with Crippen molar-refractivity contribution in [3.63, 3.8) is 0 Å². The molecule has 0 radical (unpaired) electrons. The summed E-state index contributed by atoms with van der Waals surface area (Å²) in [7, 11) is 0. The third-order valence-electron chi connectivity index (χ3n) is 2.94. The number of carbonyl (C=O) groups excluding carboxylic acids is 1. The summed E-state index contributed by atoms with van der Waals surface area (Å²) in [4.78, 5) is 21.8. The van der Waals surface area contributed by atoms with Crippen molar-refractivity contribution in [1.82, 2.24) is 9.78 Å². The Morgan fingerprint density at radius 3 is 2.78 bits per heavy atom. The van der Waals surface area contributed by atoms with Gasteiger partial charge in [-0.15, -0.1) is 0 Å². The molecule has 98 valence electrons. The van der Waals surface area contributed by atoms with Crippen LogP contribution in [0.15, 0.2) is 6.07 Å². The lowest BCUT2D eigenvalue weighted by Crippen LogP contribution is -2.13. The molecule has 1 aromatic heterocycles. The van der Waals surface area contributed by atoms with E-state index in [0.29, 0.717) is 11.7 Å². The van der Waals surface area contributed by atoms with Crippen LogP contribution in [-0.2, 0) is 16.1 Å². The Bertz CT molecular complexity index is 463. The Hall–Kier alpha value is -1.85. The first kappa shape index (κ1) is 12.6. The van der Waals surface area contributed by atoms with Crippen LogP contribution in [0.25, 0.3) is 0 Å². The molecule has 0 atom stereocenters. The third-order valence-corrected chi connectivity index (χ3v) is 2.94. The predicted octanol–water partition coefficient (Wildman–Crippen LogP) is 1.58. The standard InChI is InChI=1S/C12H17N3O3/c1-2-15-9(8-3-4-8)7-10(14-15)13-11(16)5-6-12(17)18/h7-8H,2-6H2,1H3,(H,17,18)(H,13,14,16). The van der Waals surface area contributed by atoms with Gasteiger partial charge in [-0.3, -0.25) is 14.3 Å². The Kier molecular flexibility index (Phi) is 3.64. The number of carboxylic acids is 1. The molecule has 2 rings (SSSR count). The molecule has 6 heteroatoms. The van der Waals surface area contributed by atoms with Gasteiger partial charge >= 0.3 is 5.97 Å². The first-order valence-corrected chi connectivity index (χ1v) is 6.19.